The largest absolute Gasteiger partial charge is 0.439 e. The number of allylic oxidation sites excluding steroid dienone is 1. The minimum Gasteiger partial charge on any atom is -0.439 e. The summed E-state index contributed by atoms with van der Waals surface area (Å²) >= 11 is 0. The van der Waals surface area contributed by atoms with Crippen LogP contribution in [0.15, 0.2) is 65.6 Å². The molecule has 0 aliphatic carbocycles. The maximum absolute atomic E-state index is 9.41. The lowest BCUT2D eigenvalue weighted by molar-refractivity contribution is 0.215. The van der Waals surface area contributed by atoms with Crippen molar-refractivity contribution in [2.75, 3.05) is 19.6 Å². The first-order chi connectivity index (χ1) is 14.3. The highest BCUT2D eigenvalue weighted by Crippen LogP contribution is 2.34. The van der Waals surface area contributed by atoms with Crippen LogP contribution in [-0.4, -0.2) is 29.5 Å². The molecule has 4 rings (SSSR count). The molecule has 2 heterocycles. The van der Waals surface area contributed by atoms with E-state index in [0.717, 1.165) is 50.0 Å². The third kappa shape index (κ3) is 4.41. The molecule has 148 valence electrons. The average Bonchev–Trinajstić information content (AvgIpc) is 3.21. The van der Waals surface area contributed by atoms with Crippen molar-refractivity contribution in [3.63, 3.8) is 0 Å². The maximum atomic E-state index is 9.41. The van der Waals surface area contributed by atoms with Gasteiger partial charge in [-0.2, -0.15) is 5.26 Å². The van der Waals surface area contributed by atoms with Gasteiger partial charge in [0.25, 0.3) is 0 Å². The first-order valence-corrected chi connectivity index (χ1v) is 10.4. The molecule has 0 bridgehead atoms. The van der Waals surface area contributed by atoms with Crippen molar-refractivity contribution in [3.8, 4) is 6.07 Å². The van der Waals surface area contributed by atoms with Crippen molar-refractivity contribution in [1.82, 2.24) is 9.88 Å². The summed E-state index contributed by atoms with van der Waals surface area (Å²) < 4.78 is 5.92. The van der Waals surface area contributed by atoms with Gasteiger partial charge >= 0.3 is 0 Å². The SMILES string of the molecule is C=CCC(C#N)c1nc2c(C3CCN(CCc4ccccc4)CC3)cccc2o1. The zero-order valence-electron chi connectivity index (χ0n) is 16.8. The summed E-state index contributed by atoms with van der Waals surface area (Å²) in [4.78, 5) is 7.29. The molecule has 0 N–H and O–H groups in total. The molecule has 0 amide bonds. The van der Waals surface area contributed by atoms with E-state index in [9.17, 15) is 5.26 Å². The summed E-state index contributed by atoms with van der Waals surface area (Å²) in [7, 11) is 0. The fourth-order valence-corrected chi connectivity index (χ4v) is 4.24. The molecule has 3 aromatic rings. The van der Waals surface area contributed by atoms with Crippen molar-refractivity contribution in [2.45, 2.75) is 37.5 Å². The molecule has 1 fully saturated rings. The van der Waals surface area contributed by atoms with Crippen LogP contribution in [0.25, 0.3) is 11.1 Å². The van der Waals surface area contributed by atoms with Crippen LogP contribution < -0.4 is 0 Å². The highest BCUT2D eigenvalue weighted by atomic mass is 16.3. The number of hydrogen-bond acceptors (Lipinski definition) is 4. The molecule has 0 spiro atoms. The predicted octanol–water partition coefficient (Wildman–Crippen LogP) is 5.43. The highest BCUT2D eigenvalue weighted by Gasteiger charge is 2.25. The molecule has 4 nitrogen and oxygen atoms in total. The van der Waals surface area contributed by atoms with Crippen LogP contribution in [0.1, 0.15) is 48.1 Å². The van der Waals surface area contributed by atoms with Gasteiger partial charge in [-0.05, 0) is 61.9 Å². The summed E-state index contributed by atoms with van der Waals surface area (Å²) in [6.07, 6.45) is 5.66. The number of oxazole rings is 1. The Bertz CT molecular complexity index is 994. The molecular weight excluding hydrogens is 358 g/mol. The number of aromatic nitrogens is 1. The first-order valence-electron chi connectivity index (χ1n) is 10.4. The van der Waals surface area contributed by atoms with Crippen molar-refractivity contribution < 1.29 is 4.42 Å². The van der Waals surface area contributed by atoms with E-state index in [1.165, 1.54) is 11.1 Å². The van der Waals surface area contributed by atoms with Crippen molar-refractivity contribution in [1.29, 1.82) is 5.26 Å². The van der Waals surface area contributed by atoms with E-state index in [1.54, 1.807) is 6.08 Å². The molecule has 1 atom stereocenters. The number of nitrogens with zero attached hydrogens (tertiary/aromatic N) is 3. The Morgan fingerprint density at radius 3 is 2.69 bits per heavy atom. The molecule has 1 aromatic heterocycles. The Balaban J connectivity index is 1.43. The fraction of sp³-hybridized carbons (Fsp3) is 0.360. The van der Waals surface area contributed by atoms with Crippen LogP contribution in [0.3, 0.4) is 0 Å². The first kappa shape index (κ1) is 19.4. The van der Waals surface area contributed by atoms with E-state index in [0.29, 0.717) is 18.2 Å². The molecule has 1 saturated heterocycles. The van der Waals surface area contributed by atoms with E-state index >= 15 is 0 Å². The molecule has 2 aromatic carbocycles. The summed E-state index contributed by atoms with van der Waals surface area (Å²) in [5, 5.41) is 9.41. The van der Waals surface area contributed by atoms with E-state index in [1.807, 2.05) is 12.1 Å². The van der Waals surface area contributed by atoms with Crippen LogP contribution in [-0.2, 0) is 6.42 Å². The lowest BCUT2D eigenvalue weighted by Crippen LogP contribution is -2.34. The van der Waals surface area contributed by atoms with Crippen molar-refractivity contribution >= 4 is 11.1 Å². The zero-order valence-corrected chi connectivity index (χ0v) is 16.8. The Morgan fingerprint density at radius 2 is 1.97 bits per heavy atom. The Morgan fingerprint density at radius 1 is 1.17 bits per heavy atom. The number of para-hydroxylation sites is 1. The Labute approximate surface area is 172 Å². The smallest absolute Gasteiger partial charge is 0.213 e. The van der Waals surface area contributed by atoms with Gasteiger partial charge in [0.05, 0.1) is 6.07 Å². The van der Waals surface area contributed by atoms with Crippen LogP contribution in [0.2, 0.25) is 0 Å². The molecule has 1 aliphatic rings. The lowest BCUT2D eigenvalue weighted by atomic mass is 9.88. The number of fused-ring (bicyclic) bond motifs is 1. The van der Waals surface area contributed by atoms with Gasteiger partial charge in [0.1, 0.15) is 11.4 Å². The monoisotopic (exact) mass is 385 g/mol. The summed E-state index contributed by atoms with van der Waals surface area (Å²) in [6, 6.07) is 19.2. The van der Waals surface area contributed by atoms with Gasteiger partial charge < -0.3 is 9.32 Å². The van der Waals surface area contributed by atoms with Gasteiger partial charge in [-0.1, -0.05) is 48.5 Å². The average molecular weight is 386 g/mol. The van der Waals surface area contributed by atoms with Crippen LogP contribution in [0.4, 0.5) is 0 Å². The van der Waals surface area contributed by atoms with Gasteiger partial charge in [-0.25, -0.2) is 4.98 Å². The number of hydrogen-bond donors (Lipinski definition) is 0. The van der Waals surface area contributed by atoms with E-state index in [4.69, 9.17) is 9.40 Å². The van der Waals surface area contributed by atoms with Crippen molar-refractivity contribution in [2.24, 2.45) is 0 Å². The molecule has 1 unspecified atom stereocenters. The van der Waals surface area contributed by atoms with E-state index in [2.05, 4.69) is 53.9 Å². The molecule has 1 aliphatic heterocycles. The molecule has 0 saturated carbocycles. The highest BCUT2D eigenvalue weighted by molar-refractivity contribution is 5.77. The van der Waals surface area contributed by atoms with E-state index < -0.39 is 0 Å². The van der Waals surface area contributed by atoms with Gasteiger partial charge in [0.15, 0.2) is 5.58 Å². The topological polar surface area (TPSA) is 53.1 Å². The summed E-state index contributed by atoms with van der Waals surface area (Å²) in [6.45, 7) is 7.06. The zero-order chi connectivity index (χ0) is 20.1. The quantitative estimate of drug-likeness (QED) is 0.509. The van der Waals surface area contributed by atoms with Crippen LogP contribution in [0, 0.1) is 11.3 Å². The van der Waals surface area contributed by atoms with Gasteiger partial charge in [-0.3, -0.25) is 0 Å². The van der Waals surface area contributed by atoms with Gasteiger partial charge in [0.2, 0.25) is 5.89 Å². The second-order valence-corrected chi connectivity index (χ2v) is 7.80. The normalized spacial score (nSPS) is 16.5. The van der Waals surface area contributed by atoms with Gasteiger partial charge in [0, 0.05) is 6.54 Å². The summed E-state index contributed by atoms with van der Waals surface area (Å²) in [5.74, 6) is 0.632. The van der Waals surface area contributed by atoms with Crippen LogP contribution >= 0.6 is 0 Å². The molecular formula is C25H27N3O. The summed E-state index contributed by atoms with van der Waals surface area (Å²) in [5.41, 5.74) is 4.37. The second kappa shape index (κ2) is 9.07. The standard InChI is InChI=1S/C25H27N3O/c1-2-7-21(18-26)25-27-24-22(10-6-11-23(24)29-25)20-13-16-28(17-14-20)15-12-19-8-4-3-5-9-19/h2-6,8-11,20-21H,1,7,12-17H2. The Kier molecular flexibility index (Phi) is 6.07. The van der Waals surface area contributed by atoms with E-state index in [-0.39, 0.29) is 5.92 Å². The number of benzene rings is 2. The minimum atomic E-state index is -0.368. The van der Waals surface area contributed by atoms with Crippen LogP contribution in [0.5, 0.6) is 0 Å². The molecule has 4 heteroatoms. The lowest BCUT2D eigenvalue weighted by Gasteiger charge is -2.32. The second-order valence-electron chi connectivity index (χ2n) is 7.80. The number of piperidine rings is 1. The van der Waals surface area contributed by atoms with Crippen molar-refractivity contribution in [3.05, 3.63) is 78.2 Å². The van der Waals surface area contributed by atoms with Gasteiger partial charge in [-0.15, -0.1) is 6.58 Å². The minimum absolute atomic E-state index is 0.368. The number of likely N-dealkylation sites (tertiary alicyclic amines) is 1. The number of rotatable bonds is 7. The maximum Gasteiger partial charge on any atom is 0.213 e. The molecule has 29 heavy (non-hydrogen) atoms. The third-order valence-corrected chi connectivity index (χ3v) is 5.91. The predicted molar refractivity (Wildman–Crippen MR) is 116 cm³/mol. The number of nitriles is 1. The Hall–Kier alpha value is -2.90. The third-order valence-electron chi connectivity index (χ3n) is 5.91. The fourth-order valence-electron chi connectivity index (χ4n) is 4.24. The molecule has 0 radical (unpaired) electrons.